The number of rotatable bonds is 7. The molecule has 0 saturated heterocycles. The lowest BCUT2D eigenvalue weighted by Crippen LogP contribution is -2.15. The first-order valence-corrected chi connectivity index (χ1v) is 6.64. The monoisotopic (exact) mass is 223 g/mol. The van der Waals surface area contributed by atoms with Crippen LogP contribution in [0.25, 0.3) is 0 Å². The number of thiophene rings is 1. The molecular weight excluding hydrogens is 202 g/mol. The summed E-state index contributed by atoms with van der Waals surface area (Å²) in [6.07, 6.45) is 5.82. The molecule has 0 unspecified atom stereocenters. The molecule has 0 atom stereocenters. The summed E-state index contributed by atoms with van der Waals surface area (Å²) in [5, 5.41) is 7.78. The fourth-order valence-corrected chi connectivity index (χ4v) is 2.18. The summed E-state index contributed by atoms with van der Waals surface area (Å²) >= 11 is 1.78. The van der Waals surface area contributed by atoms with Gasteiger partial charge in [-0.1, -0.05) is 18.6 Å². The Bertz CT molecular complexity index is 275. The van der Waals surface area contributed by atoms with Crippen molar-refractivity contribution in [2.45, 2.75) is 33.1 Å². The lowest BCUT2D eigenvalue weighted by Gasteiger charge is -2.01. The van der Waals surface area contributed by atoms with Crippen LogP contribution in [0.5, 0.6) is 0 Å². The van der Waals surface area contributed by atoms with E-state index in [1.807, 2.05) is 0 Å². The zero-order valence-electron chi connectivity index (χ0n) is 9.75. The third-order valence-corrected chi connectivity index (χ3v) is 3.04. The van der Waals surface area contributed by atoms with Gasteiger partial charge in [0.25, 0.3) is 0 Å². The second-order valence-corrected chi connectivity index (χ2v) is 4.68. The van der Waals surface area contributed by atoms with Gasteiger partial charge in [-0.3, -0.25) is 0 Å². The molecule has 0 aliphatic carbocycles. The van der Waals surface area contributed by atoms with Crippen molar-refractivity contribution in [1.82, 2.24) is 5.32 Å². The van der Waals surface area contributed by atoms with Crippen molar-refractivity contribution in [1.29, 1.82) is 0 Å². The molecule has 1 N–H and O–H groups in total. The first-order chi connectivity index (χ1) is 7.33. The van der Waals surface area contributed by atoms with Gasteiger partial charge in [0.2, 0.25) is 0 Å². The Morgan fingerprint density at radius 3 is 3.00 bits per heavy atom. The second-order valence-electron chi connectivity index (χ2n) is 3.90. The fraction of sp³-hybridized carbons (Fsp3) is 0.538. The van der Waals surface area contributed by atoms with E-state index in [4.69, 9.17) is 0 Å². The molecule has 1 aromatic rings. The minimum absolute atomic E-state index is 1.11. The van der Waals surface area contributed by atoms with Gasteiger partial charge >= 0.3 is 0 Å². The fourth-order valence-electron chi connectivity index (χ4n) is 1.51. The van der Waals surface area contributed by atoms with Gasteiger partial charge in [-0.25, -0.2) is 0 Å². The molecule has 0 amide bonds. The van der Waals surface area contributed by atoms with Crippen LogP contribution < -0.4 is 5.32 Å². The molecule has 1 rings (SSSR count). The van der Waals surface area contributed by atoms with Crippen molar-refractivity contribution in [3.63, 3.8) is 0 Å². The average Bonchev–Trinajstić information content (AvgIpc) is 2.70. The van der Waals surface area contributed by atoms with Crippen molar-refractivity contribution in [3.05, 3.63) is 34.0 Å². The molecule has 0 fully saturated rings. The molecule has 2 heteroatoms. The van der Waals surface area contributed by atoms with Gasteiger partial charge in [-0.15, -0.1) is 0 Å². The maximum Gasteiger partial charge on any atom is -0.00142 e. The molecule has 0 saturated carbocycles. The Kier molecular flexibility index (Phi) is 6.37. The van der Waals surface area contributed by atoms with Crippen LogP contribution in [-0.4, -0.2) is 13.1 Å². The average molecular weight is 223 g/mol. The third-order valence-electron chi connectivity index (χ3n) is 2.30. The molecule has 0 aliphatic heterocycles. The molecule has 1 nitrogen and oxygen atoms in total. The lowest BCUT2D eigenvalue weighted by molar-refractivity contribution is 0.677. The summed E-state index contributed by atoms with van der Waals surface area (Å²) in [5.41, 5.74) is 2.92. The van der Waals surface area contributed by atoms with E-state index in [9.17, 15) is 0 Å². The van der Waals surface area contributed by atoms with Gasteiger partial charge in [-0.2, -0.15) is 11.3 Å². The predicted molar refractivity (Wildman–Crippen MR) is 69.6 cm³/mol. The Balaban J connectivity index is 2.16. The van der Waals surface area contributed by atoms with Crippen LogP contribution in [0.4, 0.5) is 0 Å². The summed E-state index contributed by atoms with van der Waals surface area (Å²) in [4.78, 5) is 0. The molecular formula is C13H21NS. The maximum absolute atomic E-state index is 3.41. The van der Waals surface area contributed by atoms with Crippen molar-refractivity contribution in [2.75, 3.05) is 13.1 Å². The van der Waals surface area contributed by atoms with Crippen LogP contribution >= 0.6 is 11.3 Å². The van der Waals surface area contributed by atoms with Crippen LogP contribution in [0.15, 0.2) is 28.5 Å². The van der Waals surface area contributed by atoms with E-state index in [2.05, 4.69) is 42.1 Å². The third kappa shape index (κ3) is 5.75. The summed E-state index contributed by atoms with van der Waals surface area (Å²) < 4.78 is 0. The number of hydrogen-bond donors (Lipinski definition) is 1. The summed E-state index contributed by atoms with van der Waals surface area (Å²) in [5.74, 6) is 0. The van der Waals surface area contributed by atoms with E-state index >= 15 is 0 Å². The maximum atomic E-state index is 3.41. The first-order valence-electron chi connectivity index (χ1n) is 5.70. The van der Waals surface area contributed by atoms with Gasteiger partial charge in [0.1, 0.15) is 0 Å². The zero-order chi connectivity index (χ0) is 10.9. The highest BCUT2D eigenvalue weighted by atomic mass is 32.1. The number of hydrogen-bond acceptors (Lipinski definition) is 2. The minimum Gasteiger partial charge on any atom is -0.316 e. The quantitative estimate of drug-likeness (QED) is 0.550. The highest BCUT2D eigenvalue weighted by Crippen LogP contribution is 2.11. The van der Waals surface area contributed by atoms with E-state index in [-0.39, 0.29) is 0 Å². The summed E-state index contributed by atoms with van der Waals surface area (Å²) in [6, 6.07) is 2.21. The normalized spacial score (nSPS) is 12.0. The highest BCUT2D eigenvalue weighted by Gasteiger charge is 1.94. The Morgan fingerprint density at radius 1 is 1.47 bits per heavy atom. The minimum atomic E-state index is 1.11. The van der Waals surface area contributed by atoms with Crippen LogP contribution in [0.2, 0.25) is 0 Å². The topological polar surface area (TPSA) is 12.0 Å². The first kappa shape index (κ1) is 12.5. The Hall–Kier alpha value is -0.600. The highest BCUT2D eigenvalue weighted by molar-refractivity contribution is 7.07. The van der Waals surface area contributed by atoms with Crippen molar-refractivity contribution >= 4 is 11.3 Å². The summed E-state index contributed by atoms with van der Waals surface area (Å²) in [7, 11) is 0. The lowest BCUT2D eigenvalue weighted by atomic mass is 10.1. The smallest absolute Gasteiger partial charge is 0.00142 e. The Morgan fingerprint density at radius 2 is 2.33 bits per heavy atom. The predicted octanol–water partition coefficient (Wildman–Crippen LogP) is 3.63. The van der Waals surface area contributed by atoms with E-state index in [1.54, 1.807) is 11.3 Å². The largest absolute Gasteiger partial charge is 0.316 e. The number of nitrogens with one attached hydrogen (secondary N) is 1. The van der Waals surface area contributed by atoms with Gasteiger partial charge in [-0.05, 0) is 61.7 Å². The molecule has 0 radical (unpaired) electrons. The van der Waals surface area contributed by atoms with E-state index in [0.29, 0.717) is 0 Å². The van der Waals surface area contributed by atoms with Crippen LogP contribution in [-0.2, 0) is 6.42 Å². The molecule has 0 bridgehead atoms. The Labute approximate surface area is 97.2 Å². The summed E-state index contributed by atoms with van der Waals surface area (Å²) in [6.45, 7) is 6.66. The molecule has 0 spiro atoms. The van der Waals surface area contributed by atoms with Gasteiger partial charge in [0, 0.05) is 0 Å². The molecule has 1 aromatic heterocycles. The SMILES string of the molecule is CCCNCCC=C(C)Cc1ccsc1. The number of allylic oxidation sites excluding steroid dienone is 1. The zero-order valence-corrected chi connectivity index (χ0v) is 10.6. The van der Waals surface area contributed by atoms with Crippen molar-refractivity contribution < 1.29 is 0 Å². The second kappa shape index (κ2) is 7.66. The molecule has 84 valence electrons. The van der Waals surface area contributed by atoms with Gasteiger partial charge in [0.15, 0.2) is 0 Å². The molecule has 0 aliphatic rings. The van der Waals surface area contributed by atoms with Crippen molar-refractivity contribution in [2.24, 2.45) is 0 Å². The standard InChI is InChI=1S/C13H21NS/c1-3-7-14-8-4-5-12(2)10-13-6-9-15-11-13/h5-6,9,11,14H,3-4,7-8,10H2,1-2H3. The van der Waals surface area contributed by atoms with E-state index in [1.165, 1.54) is 17.6 Å². The van der Waals surface area contributed by atoms with Crippen LogP contribution in [0.3, 0.4) is 0 Å². The van der Waals surface area contributed by atoms with Gasteiger partial charge < -0.3 is 5.32 Å². The molecule has 0 aromatic carbocycles. The van der Waals surface area contributed by atoms with E-state index < -0.39 is 0 Å². The molecule has 1 heterocycles. The van der Waals surface area contributed by atoms with E-state index in [0.717, 1.165) is 25.9 Å². The van der Waals surface area contributed by atoms with Crippen LogP contribution in [0.1, 0.15) is 32.3 Å². The molecule has 15 heavy (non-hydrogen) atoms. The van der Waals surface area contributed by atoms with Crippen LogP contribution in [0, 0.1) is 0 Å². The van der Waals surface area contributed by atoms with Crippen molar-refractivity contribution in [3.8, 4) is 0 Å². The van der Waals surface area contributed by atoms with Gasteiger partial charge in [0.05, 0.1) is 0 Å².